The predicted molar refractivity (Wildman–Crippen MR) is 70.3 cm³/mol. The van der Waals surface area contributed by atoms with Gasteiger partial charge in [0.2, 0.25) is 5.54 Å². The smallest absolute Gasteiger partial charge is 0.422 e. The maximum atomic E-state index is 12.8. The summed E-state index contributed by atoms with van der Waals surface area (Å²) in [5.74, 6) is -2.99. The first-order valence-electron chi connectivity index (χ1n) is 5.49. The number of carboxylic acid groups (broad SMARTS) is 1. The van der Waals surface area contributed by atoms with Crippen LogP contribution in [0, 0.1) is 0 Å². The Bertz CT molecular complexity index is 576. The zero-order valence-corrected chi connectivity index (χ0v) is 12.5. The van der Waals surface area contributed by atoms with Gasteiger partial charge >= 0.3 is 12.1 Å². The van der Waals surface area contributed by atoms with Gasteiger partial charge in [-0.25, -0.2) is 4.79 Å². The maximum absolute atomic E-state index is 12.8. The van der Waals surface area contributed by atoms with Crippen LogP contribution in [0.3, 0.4) is 0 Å². The quantitative estimate of drug-likeness (QED) is 0.855. The van der Waals surface area contributed by atoms with Crippen LogP contribution in [0.2, 0.25) is 0 Å². The highest BCUT2D eigenvalue weighted by molar-refractivity contribution is 9.10. The molecule has 0 saturated carbocycles. The van der Waals surface area contributed by atoms with Crippen molar-refractivity contribution in [3.8, 4) is 5.75 Å². The van der Waals surface area contributed by atoms with E-state index < -0.39 is 23.6 Å². The van der Waals surface area contributed by atoms with Crippen LogP contribution in [0.15, 0.2) is 22.7 Å². The summed E-state index contributed by atoms with van der Waals surface area (Å²) in [6.45, 7) is 0.381. The van der Waals surface area contributed by atoms with E-state index in [-0.39, 0.29) is 5.56 Å². The number of alkyl halides is 3. The molecule has 0 radical (unpaired) electrons. The number of carbonyl (C=O) groups is 2. The van der Waals surface area contributed by atoms with Gasteiger partial charge in [-0.05, 0) is 41.1 Å². The van der Waals surface area contributed by atoms with Gasteiger partial charge in [0.1, 0.15) is 5.75 Å². The number of halogens is 4. The van der Waals surface area contributed by atoms with E-state index >= 15 is 0 Å². The first kappa shape index (κ1) is 17.3. The molecule has 0 spiro atoms. The molecule has 0 aliphatic heterocycles. The molecule has 9 heteroatoms. The molecule has 1 atom stereocenters. The lowest BCUT2D eigenvalue weighted by Crippen LogP contribution is -2.61. The number of hydrogen-bond donors (Lipinski definition) is 2. The molecule has 2 N–H and O–H groups in total. The third-order valence-corrected chi connectivity index (χ3v) is 3.39. The van der Waals surface area contributed by atoms with Crippen LogP contribution in [0.4, 0.5) is 13.2 Å². The Hall–Kier alpha value is -1.77. The highest BCUT2D eigenvalue weighted by Gasteiger charge is 2.58. The number of carboxylic acids is 1. The summed E-state index contributed by atoms with van der Waals surface area (Å²) in [5.41, 5.74) is -3.52. The number of aliphatic carboxylic acids is 1. The van der Waals surface area contributed by atoms with Crippen LogP contribution >= 0.6 is 15.9 Å². The molecule has 5 nitrogen and oxygen atoms in total. The highest BCUT2D eigenvalue weighted by atomic mass is 79.9. The van der Waals surface area contributed by atoms with Crippen molar-refractivity contribution in [1.82, 2.24) is 5.32 Å². The topological polar surface area (TPSA) is 75.6 Å². The maximum Gasteiger partial charge on any atom is 0.422 e. The molecule has 21 heavy (non-hydrogen) atoms. The number of hydrogen-bond acceptors (Lipinski definition) is 3. The third-order valence-electron chi connectivity index (χ3n) is 2.77. The first-order chi connectivity index (χ1) is 9.52. The van der Waals surface area contributed by atoms with Gasteiger partial charge in [-0.1, -0.05) is 0 Å². The average Bonchev–Trinajstić information content (AvgIpc) is 2.36. The summed E-state index contributed by atoms with van der Waals surface area (Å²) in [6.07, 6.45) is -5.14. The molecule has 0 heterocycles. The Kier molecular flexibility index (Phi) is 4.87. The zero-order valence-electron chi connectivity index (χ0n) is 10.9. The summed E-state index contributed by atoms with van der Waals surface area (Å²) < 4.78 is 43.7. The normalized spacial score (nSPS) is 14.2. The second-order valence-corrected chi connectivity index (χ2v) is 5.09. The Morgan fingerprint density at radius 1 is 1.33 bits per heavy atom. The summed E-state index contributed by atoms with van der Waals surface area (Å²) in [7, 11) is 1.38. The average molecular weight is 370 g/mol. The van der Waals surface area contributed by atoms with E-state index in [9.17, 15) is 22.8 Å². The van der Waals surface area contributed by atoms with Crippen molar-refractivity contribution in [2.24, 2.45) is 0 Å². The summed E-state index contributed by atoms with van der Waals surface area (Å²) in [5, 5.41) is 10.2. The minimum atomic E-state index is -5.14. The van der Waals surface area contributed by atoms with Crippen LogP contribution in [0.5, 0.6) is 5.75 Å². The van der Waals surface area contributed by atoms with E-state index in [1.165, 1.54) is 30.6 Å². The van der Waals surface area contributed by atoms with Crippen LogP contribution in [-0.4, -0.2) is 35.8 Å². The van der Waals surface area contributed by atoms with Crippen molar-refractivity contribution < 1.29 is 32.6 Å². The van der Waals surface area contributed by atoms with Gasteiger partial charge in [-0.15, -0.1) is 0 Å². The van der Waals surface area contributed by atoms with Gasteiger partial charge in [0, 0.05) is 5.56 Å². The van der Waals surface area contributed by atoms with Gasteiger partial charge in [0.15, 0.2) is 0 Å². The molecular weight excluding hydrogens is 359 g/mol. The Morgan fingerprint density at radius 2 is 1.90 bits per heavy atom. The minimum Gasteiger partial charge on any atom is -0.496 e. The fourth-order valence-corrected chi connectivity index (χ4v) is 1.89. The van der Waals surface area contributed by atoms with Crippen molar-refractivity contribution in [3.63, 3.8) is 0 Å². The SMILES string of the molecule is COc1ccc(C(=O)NC(C)(C(=O)O)C(F)(F)F)cc1Br. The van der Waals surface area contributed by atoms with E-state index in [2.05, 4.69) is 15.9 Å². The highest BCUT2D eigenvalue weighted by Crippen LogP contribution is 2.31. The van der Waals surface area contributed by atoms with Gasteiger partial charge in [0.25, 0.3) is 5.91 Å². The molecule has 0 saturated heterocycles. The molecule has 1 amide bonds. The summed E-state index contributed by atoms with van der Waals surface area (Å²) in [6, 6.07) is 3.81. The molecule has 116 valence electrons. The van der Waals surface area contributed by atoms with Gasteiger partial charge in [0.05, 0.1) is 11.6 Å². The molecular formula is C12H11BrF3NO4. The van der Waals surface area contributed by atoms with E-state index in [1.54, 1.807) is 0 Å². The van der Waals surface area contributed by atoms with Crippen molar-refractivity contribution in [2.75, 3.05) is 7.11 Å². The Morgan fingerprint density at radius 3 is 2.29 bits per heavy atom. The van der Waals surface area contributed by atoms with Gasteiger partial charge < -0.3 is 15.2 Å². The summed E-state index contributed by atoms with van der Waals surface area (Å²) in [4.78, 5) is 22.7. The van der Waals surface area contributed by atoms with Gasteiger partial charge in [-0.2, -0.15) is 13.2 Å². The van der Waals surface area contributed by atoms with Crippen molar-refractivity contribution in [2.45, 2.75) is 18.6 Å². The predicted octanol–water partition coefficient (Wildman–Crippen LogP) is 2.59. The van der Waals surface area contributed by atoms with Crippen LogP contribution in [0.1, 0.15) is 17.3 Å². The number of ether oxygens (including phenoxy) is 1. The third kappa shape index (κ3) is 3.46. The molecule has 0 aliphatic carbocycles. The van der Waals surface area contributed by atoms with Crippen molar-refractivity contribution >= 4 is 27.8 Å². The number of methoxy groups -OCH3 is 1. The monoisotopic (exact) mass is 369 g/mol. The lowest BCUT2D eigenvalue weighted by atomic mass is 10.0. The second kappa shape index (κ2) is 5.92. The lowest BCUT2D eigenvalue weighted by molar-refractivity contribution is -0.203. The fraction of sp³-hybridized carbons (Fsp3) is 0.333. The van der Waals surface area contributed by atoms with E-state index in [4.69, 9.17) is 9.84 Å². The molecule has 0 aromatic heterocycles. The zero-order chi connectivity index (χ0) is 16.4. The van der Waals surface area contributed by atoms with Crippen LogP contribution in [0.25, 0.3) is 0 Å². The summed E-state index contributed by atoms with van der Waals surface area (Å²) >= 11 is 3.08. The number of rotatable bonds is 4. The van der Waals surface area contributed by atoms with Crippen molar-refractivity contribution in [1.29, 1.82) is 0 Å². The number of benzene rings is 1. The molecule has 1 aromatic carbocycles. The molecule has 0 bridgehead atoms. The Labute approximate surface area is 126 Å². The van der Waals surface area contributed by atoms with E-state index in [1.807, 2.05) is 0 Å². The van der Waals surface area contributed by atoms with Crippen LogP contribution in [-0.2, 0) is 4.79 Å². The molecule has 0 fully saturated rings. The second-order valence-electron chi connectivity index (χ2n) is 4.23. The number of nitrogens with one attached hydrogen (secondary N) is 1. The largest absolute Gasteiger partial charge is 0.496 e. The molecule has 1 aromatic rings. The molecule has 1 rings (SSSR count). The standard InChI is InChI=1S/C12H11BrF3NO4/c1-11(10(19)20,12(14,15)16)17-9(18)6-3-4-8(21-2)7(13)5-6/h3-5H,1-2H3,(H,17,18)(H,19,20). The fourth-order valence-electron chi connectivity index (χ4n) is 1.35. The minimum absolute atomic E-state index is 0.139. The first-order valence-corrected chi connectivity index (χ1v) is 6.28. The van der Waals surface area contributed by atoms with Gasteiger partial charge in [-0.3, -0.25) is 4.79 Å². The van der Waals surface area contributed by atoms with Crippen LogP contribution < -0.4 is 10.1 Å². The molecule has 0 aliphatic rings. The number of amides is 1. The van der Waals surface area contributed by atoms with Crippen molar-refractivity contribution in [3.05, 3.63) is 28.2 Å². The van der Waals surface area contributed by atoms with E-state index in [0.717, 1.165) is 0 Å². The Balaban J connectivity index is 3.09. The number of carbonyl (C=O) groups excluding carboxylic acids is 1. The lowest BCUT2D eigenvalue weighted by Gasteiger charge is -2.28. The molecule has 1 unspecified atom stereocenters. The van der Waals surface area contributed by atoms with E-state index in [0.29, 0.717) is 17.1 Å².